The first-order valence-corrected chi connectivity index (χ1v) is 10.1. The van der Waals surface area contributed by atoms with Crippen LogP contribution in [0.15, 0.2) is 60.7 Å². The summed E-state index contributed by atoms with van der Waals surface area (Å²) in [7, 11) is 4.53. The van der Waals surface area contributed by atoms with Crippen LogP contribution in [-0.4, -0.2) is 37.0 Å². The second-order valence-electron chi connectivity index (χ2n) is 8.74. The number of nitrogens with zero attached hydrogens (tertiary/aromatic N) is 2. The first-order chi connectivity index (χ1) is 12.6. The van der Waals surface area contributed by atoms with Gasteiger partial charge in [0.05, 0.1) is 0 Å². The lowest BCUT2D eigenvalue weighted by Gasteiger charge is -2.49. The highest BCUT2D eigenvalue weighted by atomic mass is 15.2. The third-order valence-electron chi connectivity index (χ3n) is 7.07. The molecule has 1 saturated carbocycles. The Balaban J connectivity index is 1.44. The predicted molar refractivity (Wildman–Crippen MR) is 109 cm³/mol. The molecule has 2 aromatic rings. The van der Waals surface area contributed by atoms with Crippen LogP contribution in [0.1, 0.15) is 43.2 Å². The molecule has 2 aliphatic rings. The molecule has 0 bridgehead atoms. The van der Waals surface area contributed by atoms with Crippen molar-refractivity contribution < 1.29 is 0 Å². The van der Waals surface area contributed by atoms with Crippen LogP contribution in [0.2, 0.25) is 0 Å². The molecule has 2 fully saturated rings. The Bertz CT molecular complexity index is 700. The van der Waals surface area contributed by atoms with E-state index in [-0.39, 0.29) is 5.54 Å². The van der Waals surface area contributed by atoms with Crippen LogP contribution in [0.4, 0.5) is 0 Å². The summed E-state index contributed by atoms with van der Waals surface area (Å²) in [6.45, 7) is 3.65. The van der Waals surface area contributed by atoms with Gasteiger partial charge in [-0.3, -0.25) is 9.80 Å². The van der Waals surface area contributed by atoms with Crippen LogP contribution in [-0.2, 0) is 12.1 Å². The van der Waals surface area contributed by atoms with E-state index in [2.05, 4.69) is 84.6 Å². The summed E-state index contributed by atoms with van der Waals surface area (Å²) in [6, 6.07) is 22.1. The van der Waals surface area contributed by atoms with Crippen molar-refractivity contribution in [2.45, 2.75) is 44.2 Å². The van der Waals surface area contributed by atoms with Gasteiger partial charge in [0.2, 0.25) is 0 Å². The van der Waals surface area contributed by atoms with Crippen molar-refractivity contribution in [1.29, 1.82) is 0 Å². The molecule has 1 heterocycles. The van der Waals surface area contributed by atoms with Gasteiger partial charge in [0.25, 0.3) is 0 Å². The van der Waals surface area contributed by atoms with Crippen molar-refractivity contribution in [3.63, 3.8) is 0 Å². The summed E-state index contributed by atoms with van der Waals surface area (Å²) >= 11 is 0. The lowest BCUT2D eigenvalue weighted by atomic mass is 9.64. The van der Waals surface area contributed by atoms with Crippen molar-refractivity contribution in [3.8, 4) is 0 Å². The van der Waals surface area contributed by atoms with E-state index in [0.29, 0.717) is 5.41 Å². The number of benzene rings is 2. The summed E-state index contributed by atoms with van der Waals surface area (Å²) in [6.07, 6.45) is 6.64. The fraction of sp³-hybridized carbons (Fsp3) is 0.500. The van der Waals surface area contributed by atoms with Crippen LogP contribution in [0.25, 0.3) is 0 Å². The standard InChI is InChI=1S/C24H32N2/c1-25(2)24(22-11-7-4-8-12-22)15-13-23(14-16-24)17-18-26(20-23)19-21-9-5-3-6-10-21/h3-12H,13-20H2,1-2H3. The Morgan fingerprint density at radius 1 is 0.808 bits per heavy atom. The maximum Gasteiger partial charge on any atom is 0.0455 e. The smallest absolute Gasteiger partial charge is 0.0455 e. The minimum atomic E-state index is 0.222. The second-order valence-corrected chi connectivity index (χ2v) is 8.74. The molecule has 138 valence electrons. The fourth-order valence-corrected chi connectivity index (χ4v) is 5.35. The molecule has 0 radical (unpaired) electrons. The van der Waals surface area contributed by atoms with Crippen LogP contribution in [0.3, 0.4) is 0 Å². The molecule has 0 amide bonds. The van der Waals surface area contributed by atoms with Gasteiger partial charge >= 0.3 is 0 Å². The first-order valence-electron chi connectivity index (χ1n) is 10.1. The predicted octanol–water partition coefficient (Wildman–Crippen LogP) is 4.91. The molecule has 1 spiro atoms. The first kappa shape index (κ1) is 17.8. The Morgan fingerprint density at radius 3 is 2.04 bits per heavy atom. The maximum absolute atomic E-state index is 2.68. The highest BCUT2D eigenvalue weighted by molar-refractivity contribution is 5.26. The normalized spacial score (nSPS) is 29.5. The van der Waals surface area contributed by atoms with Crippen LogP contribution in [0.5, 0.6) is 0 Å². The molecular formula is C24H32N2. The molecule has 0 unspecified atom stereocenters. The molecule has 26 heavy (non-hydrogen) atoms. The molecule has 0 aromatic heterocycles. The molecule has 4 rings (SSSR count). The highest BCUT2D eigenvalue weighted by Crippen LogP contribution is 2.51. The van der Waals surface area contributed by atoms with Gasteiger partial charge in [0.1, 0.15) is 0 Å². The number of hydrogen-bond donors (Lipinski definition) is 0. The molecule has 2 aromatic carbocycles. The summed E-state index contributed by atoms with van der Waals surface area (Å²) < 4.78 is 0. The van der Waals surface area contributed by atoms with E-state index in [1.165, 1.54) is 56.3 Å². The molecule has 2 nitrogen and oxygen atoms in total. The summed E-state index contributed by atoms with van der Waals surface area (Å²) in [5.74, 6) is 0. The van der Waals surface area contributed by atoms with E-state index in [9.17, 15) is 0 Å². The van der Waals surface area contributed by atoms with Crippen molar-refractivity contribution in [3.05, 3.63) is 71.8 Å². The van der Waals surface area contributed by atoms with Crippen LogP contribution >= 0.6 is 0 Å². The van der Waals surface area contributed by atoms with Crippen LogP contribution < -0.4 is 0 Å². The average molecular weight is 349 g/mol. The lowest BCUT2D eigenvalue weighted by Crippen LogP contribution is -2.47. The van der Waals surface area contributed by atoms with E-state index < -0.39 is 0 Å². The SMILES string of the molecule is CN(C)C1(c2ccccc2)CCC2(CCN(Cc3ccccc3)C2)CC1. The molecule has 1 aliphatic carbocycles. The van der Waals surface area contributed by atoms with Gasteiger partial charge in [0.15, 0.2) is 0 Å². The highest BCUT2D eigenvalue weighted by Gasteiger charge is 2.47. The minimum absolute atomic E-state index is 0.222. The van der Waals surface area contributed by atoms with Gasteiger partial charge < -0.3 is 0 Å². The second kappa shape index (κ2) is 7.17. The Hall–Kier alpha value is -1.64. The Morgan fingerprint density at radius 2 is 1.42 bits per heavy atom. The zero-order valence-electron chi connectivity index (χ0n) is 16.3. The quantitative estimate of drug-likeness (QED) is 0.774. The average Bonchev–Trinajstić information content (AvgIpc) is 3.06. The van der Waals surface area contributed by atoms with Crippen molar-refractivity contribution in [2.75, 3.05) is 27.2 Å². The Labute approximate surface area is 158 Å². The van der Waals surface area contributed by atoms with Crippen LogP contribution in [0, 0.1) is 5.41 Å². The summed E-state index contributed by atoms with van der Waals surface area (Å²) in [5.41, 5.74) is 3.72. The van der Waals surface area contributed by atoms with Crippen molar-refractivity contribution in [1.82, 2.24) is 9.80 Å². The molecule has 1 saturated heterocycles. The molecule has 0 N–H and O–H groups in total. The Kier molecular flexibility index (Phi) is 4.90. The zero-order chi connectivity index (χ0) is 18.0. The van der Waals surface area contributed by atoms with E-state index >= 15 is 0 Å². The molecular weight excluding hydrogens is 316 g/mol. The summed E-state index contributed by atoms with van der Waals surface area (Å²) in [5, 5.41) is 0. The topological polar surface area (TPSA) is 6.48 Å². The van der Waals surface area contributed by atoms with Gasteiger partial charge in [0, 0.05) is 18.6 Å². The van der Waals surface area contributed by atoms with E-state index in [1.54, 1.807) is 0 Å². The monoisotopic (exact) mass is 348 g/mol. The van der Waals surface area contributed by atoms with Gasteiger partial charge in [-0.05, 0) is 69.3 Å². The zero-order valence-corrected chi connectivity index (χ0v) is 16.3. The largest absolute Gasteiger partial charge is 0.300 e. The van der Waals surface area contributed by atoms with Gasteiger partial charge in [-0.15, -0.1) is 0 Å². The maximum atomic E-state index is 2.68. The lowest BCUT2D eigenvalue weighted by molar-refractivity contribution is 0.0378. The molecule has 0 atom stereocenters. The number of likely N-dealkylation sites (tertiary alicyclic amines) is 1. The van der Waals surface area contributed by atoms with Crippen molar-refractivity contribution in [2.24, 2.45) is 5.41 Å². The van der Waals surface area contributed by atoms with E-state index in [4.69, 9.17) is 0 Å². The summed E-state index contributed by atoms with van der Waals surface area (Å²) in [4.78, 5) is 5.16. The van der Waals surface area contributed by atoms with Crippen molar-refractivity contribution >= 4 is 0 Å². The van der Waals surface area contributed by atoms with Gasteiger partial charge in [-0.2, -0.15) is 0 Å². The van der Waals surface area contributed by atoms with Gasteiger partial charge in [-0.25, -0.2) is 0 Å². The minimum Gasteiger partial charge on any atom is -0.300 e. The number of hydrogen-bond acceptors (Lipinski definition) is 2. The number of rotatable bonds is 4. The third-order valence-corrected chi connectivity index (χ3v) is 7.07. The molecule has 1 aliphatic heterocycles. The van der Waals surface area contributed by atoms with E-state index in [1.807, 2.05) is 0 Å². The molecule has 2 heteroatoms. The van der Waals surface area contributed by atoms with E-state index in [0.717, 1.165) is 6.54 Å². The van der Waals surface area contributed by atoms with Gasteiger partial charge in [-0.1, -0.05) is 60.7 Å². The third kappa shape index (κ3) is 3.33. The fourth-order valence-electron chi connectivity index (χ4n) is 5.35.